The summed E-state index contributed by atoms with van der Waals surface area (Å²) >= 11 is 0. The Morgan fingerprint density at radius 1 is 0.807 bits per heavy atom. The molecule has 9 N–H and O–H groups in total. The first-order valence-corrected chi connectivity index (χ1v) is 21.8. The van der Waals surface area contributed by atoms with Crippen molar-refractivity contribution in [2.24, 2.45) is 52.3 Å². The third kappa shape index (κ3) is 8.51. The summed E-state index contributed by atoms with van der Waals surface area (Å²) in [5.74, 6) is -2.10. The molecule has 0 spiro atoms. The average molecular weight is 839 g/mol. The van der Waals surface area contributed by atoms with Crippen LogP contribution in [0.25, 0.3) is 0 Å². The molecule has 6 fully saturated rings. The Bertz CT molecular complexity index is 1520. The van der Waals surface area contributed by atoms with Gasteiger partial charge in [-0.15, -0.1) is 0 Å². The number of rotatable bonds is 12. The highest BCUT2D eigenvalue weighted by Gasteiger charge is 2.72. The second-order valence-electron chi connectivity index (χ2n) is 18.6. The van der Waals surface area contributed by atoms with E-state index in [2.05, 4.69) is 26.0 Å². The number of allylic oxidation sites excluding steroid dienone is 2. The van der Waals surface area contributed by atoms with Crippen LogP contribution in [0.4, 0.5) is 0 Å². The minimum Gasteiger partial charge on any atom is -0.393 e. The molecule has 0 aromatic carbocycles. The van der Waals surface area contributed by atoms with Crippen molar-refractivity contribution in [3.63, 3.8) is 0 Å². The lowest BCUT2D eigenvalue weighted by Gasteiger charge is -2.66. The second kappa shape index (κ2) is 17.1. The van der Waals surface area contributed by atoms with Crippen molar-refractivity contribution in [3.8, 4) is 0 Å². The zero-order valence-electron chi connectivity index (χ0n) is 33.7. The Labute approximate surface area is 335 Å². The highest BCUT2D eigenvalue weighted by atomic mass is 32.3. The van der Waals surface area contributed by atoms with E-state index in [0.29, 0.717) is 25.7 Å². The molecule has 2 saturated heterocycles. The lowest BCUT2D eigenvalue weighted by molar-refractivity contribution is -0.346. The summed E-state index contributed by atoms with van der Waals surface area (Å²) in [6.45, 7) is 9.82. The third-order valence-electron chi connectivity index (χ3n) is 15.2. The van der Waals surface area contributed by atoms with E-state index < -0.39 is 118 Å². The van der Waals surface area contributed by atoms with Crippen LogP contribution >= 0.6 is 0 Å². The number of aliphatic hydroxyl groups excluding tert-OH is 7. The van der Waals surface area contributed by atoms with E-state index in [1.807, 2.05) is 20.8 Å². The van der Waals surface area contributed by atoms with Crippen molar-refractivity contribution < 1.29 is 81.7 Å². The first-order chi connectivity index (χ1) is 26.6. The summed E-state index contributed by atoms with van der Waals surface area (Å²) in [7, 11) is -3.66. The Morgan fingerprint density at radius 2 is 1.42 bits per heavy atom. The van der Waals surface area contributed by atoms with Crippen molar-refractivity contribution >= 4 is 10.4 Å². The predicted molar refractivity (Wildman–Crippen MR) is 199 cm³/mol. The summed E-state index contributed by atoms with van der Waals surface area (Å²) in [5, 5.41) is 87.8. The zero-order valence-corrected chi connectivity index (χ0v) is 34.5. The molecule has 22 atom stereocenters. The number of hydrogen-bond acceptors (Lipinski definition) is 16. The van der Waals surface area contributed by atoms with Gasteiger partial charge < -0.3 is 64.5 Å². The van der Waals surface area contributed by atoms with Gasteiger partial charge >= 0.3 is 10.4 Å². The summed E-state index contributed by atoms with van der Waals surface area (Å²) < 4.78 is 67.7. The van der Waals surface area contributed by atoms with Crippen LogP contribution in [0.2, 0.25) is 0 Å². The second-order valence-corrected chi connectivity index (χ2v) is 19.7. The molecule has 0 aromatic rings. The van der Waals surface area contributed by atoms with E-state index in [1.165, 1.54) is 7.11 Å². The number of fused-ring (bicyclic) bond motifs is 5. The van der Waals surface area contributed by atoms with E-state index >= 15 is 0 Å². The summed E-state index contributed by atoms with van der Waals surface area (Å²) in [6.07, 6.45) is -8.10. The van der Waals surface area contributed by atoms with Gasteiger partial charge in [-0.25, -0.2) is 4.18 Å². The van der Waals surface area contributed by atoms with Crippen molar-refractivity contribution in [2.75, 3.05) is 26.9 Å². The SMILES string of the molecule is COC1C(OC2C(OCC(C)C(C)/C=C/C(C)C3CC(O)C4C3(C)CCC3C5(C)CCC(O)C(O)C5C(OS(=O)(=O)O)CC34O)OCC(O)C2O)OCC(O)C1O. The molecule has 6 rings (SSSR count). The van der Waals surface area contributed by atoms with E-state index in [-0.39, 0.29) is 56.3 Å². The molecule has 330 valence electrons. The molecule has 22 unspecified atom stereocenters. The van der Waals surface area contributed by atoms with Gasteiger partial charge in [0, 0.05) is 25.4 Å². The van der Waals surface area contributed by atoms with Crippen LogP contribution in [-0.4, -0.2) is 160 Å². The van der Waals surface area contributed by atoms with Crippen LogP contribution in [-0.2, 0) is 38.3 Å². The van der Waals surface area contributed by atoms with E-state index in [4.69, 9.17) is 27.9 Å². The van der Waals surface area contributed by atoms with Gasteiger partial charge in [-0.05, 0) is 72.5 Å². The monoisotopic (exact) mass is 838 g/mol. The maximum atomic E-state index is 12.8. The van der Waals surface area contributed by atoms with Gasteiger partial charge in [0.05, 0.1) is 49.8 Å². The van der Waals surface area contributed by atoms with Gasteiger partial charge in [-0.1, -0.05) is 46.8 Å². The first-order valence-electron chi connectivity index (χ1n) is 20.4. The fraction of sp³-hybridized carbons (Fsp3) is 0.949. The van der Waals surface area contributed by atoms with Crippen molar-refractivity contribution in [1.82, 2.24) is 0 Å². The van der Waals surface area contributed by atoms with Crippen LogP contribution in [0.1, 0.15) is 73.1 Å². The molecule has 57 heavy (non-hydrogen) atoms. The van der Waals surface area contributed by atoms with Crippen molar-refractivity contribution in [1.29, 1.82) is 0 Å². The standard InChI is InChI=1S/C39H66O17S/c1-18(20(3)15-52-35-33(31(46)25(43)16-53-35)55-36-32(51-6)30(45)24(42)17-54-36)7-8-19(2)21-13-23(41)34-37(21,4)12-10-27-38(5)11-9-22(40)29(44)28(38)26(14-39(27,34)47)56-57(48,49)50/h7-8,18-36,40-47H,9-17H2,1-6H3,(H,48,49,50)/b8-7+. The molecule has 4 aliphatic carbocycles. The zero-order chi connectivity index (χ0) is 42.0. The predicted octanol–water partition coefficient (Wildman–Crippen LogP) is -0.102. The maximum Gasteiger partial charge on any atom is 0.397 e. The Morgan fingerprint density at radius 3 is 2.05 bits per heavy atom. The van der Waals surface area contributed by atoms with E-state index in [0.717, 1.165) is 0 Å². The number of aliphatic hydroxyl groups is 8. The molecule has 0 bridgehead atoms. The lowest BCUT2D eigenvalue weighted by atomic mass is 9.41. The molecule has 6 aliphatic rings. The van der Waals surface area contributed by atoms with Crippen LogP contribution in [0, 0.1) is 52.3 Å². The summed E-state index contributed by atoms with van der Waals surface area (Å²) in [5.41, 5.74) is -2.97. The lowest BCUT2D eigenvalue weighted by Crippen LogP contribution is -2.71. The minimum absolute atomic E-state index is 0.0152. The fourth-order valence-electron chi connectivity index (χ4n) is 12.1. The van der Waals surface area contributed by atoms with Crippen molar-refractivity contribution in [2.45, 2.75) is 152 Å². The summed E-state index contributed by atoms with van der Waals surface area (Å²) in [6, 6.07) is 0. The molecule has 0 radical (unpaired) electrons. The normalized spacial score (nSPS) is 50.8. The van der Waals surface area contributed by atoms with Gasteiger partial charge in [-0.3, -0.25) is 4.55 Å². The molecular formula is C39H66O17S. The van der Waals surface area contributed by atoms with Gasteiger partial charge in [0.2, 0.25) is 0 Å². The van der Waals surface area contributed by atoms with Gasteiger partial charge in [0.25, 0.3) is 0 Å². The number of ether oxygens (including phenoxy) is 5. The van der Waals surface area contributed by atoms with Gasteiger partial charge in [0.1, 0.15) is 36.6 Å². The molecule has 4 saturated carbocycles. The van der Waals surface area contributed by atoms with Crippen LogP contribution < -0.4 is 0 Å². The molecule has 17 nitrogen and oxygen atoms in total. The molecule has 18 heteroatoms. The highest BCUT2D eigenvalue weighted by molar-refractivity contribution is 7.80. The Hall–Kier alpha value is -0.910. The molecule has 2 aliphatic heterocycles. The van der Waals surface area contributed by atoms with Crippen LogP contribution in [0.3, 0.4) is 0 Å². The fourth-order valence-corrected chi connectivity index (χ4v) is 12.6. The maximum absolute atomic E-state index is 12.8. The van der Waals surface area contributed by atoms with Crippen LogP contribution in [0.5, 0.6) is 0 Å². The average Bonchev–Trinajstić information content (AvgIpc) is 3.41. The Balaban J connectivity index is 1.12. The minimum atomic E-state index is -4.98. The highest BCUT2D eigenvalue weighted by Crippen LogP contribution is 2.70. The quantitative estimate of drug-likeness (QED) is 0.0917. The van der Waals surface area contributed by atoms with Gasteiger partial charge in [0.15, 0.2) is 12.6 Å². The van der Waals surface area contributed by atoms with Crippen molar-refractivity contribution in [3.05, 3.63) is 12.2 Å². The third-order valence-corrected chi connectivity index (χ3v) is 15.7. The van der Waals surface area contributed by atoms with E-state index in [1.54, 1.807) is 0 Å². The number of hydrogen-bond donors (Lipinski definition) is 9. The van der Waals surface area contributed by atoms with E-state index in [9.17, 15) is 53.8 Å². The summed E-state index contributed by atoms with van der Waals surface area (Å²) in [4.78, 5) is 0. The molecular weight excluding hydrogens is 772 g/mol. The van der Waals surface area contributed by atoms with Gasteiger partial charge in [-0.2, -0.15) is 8.42 Å². The molecule has 0 aromatic heterocycles. The Kier molecular flexibility index (Phi) is 13.7. The number of methoxy groups -OCH3 is 1. The molecule has 2 heterocycles. The van der Waals surface area contributed by atoms with Crippen LogP contribution in [0.15, 0.2) is 12.2 Å². The smallest absolute Gasteiger partial charge is 0.393 e. The first kappa shape index (κ1) is 45.6. The topological polar surface area (TPSA) is 272 Å². The molecule has 0 amide bonds. The largest absolute Gasteiger partial charge is 0.397 e.